The van der Waals surface area contributed by atoms with Gasteiger partial charge in [0.2, 0.25) is 0 Å². The van der Waals surface area contributed by atoms with Crippen LogP contribution in [0.2, 0.25) is 0 Å². The number of fused-ring (bicyclic) bond motifs is 1. The zero-order valence-electron chi connectivity index (χ0n) is 11.8. The van der Waals surface area contributed by atoms with E-state index in [1.54, 1.807) is 43.6 Å². The van der Waals surface area contributed by atoms with Crippen LogP contribution in [-0.2, 0) is 7.05 Å². The van der Waals surface area contributed by atoms with Crippen LogP contribution in [0.4, 0.5) is 5.69 Å². The Balaban J connectivity index is 2.07. The highest BCUT2D eigenvalue weighted by Gasteiger charge is 2.15. The number of hydrogen-bond donors (Lipinski definition) is 2. The second-order valence-electron chi connectivity index (χ2n) is 4.81. The first-order valence-corrected chi connectivity index (χ1v) is 7.07. The first-order chi connectivity index (χ1) is 10.6. The third-order valence-electron chi connectivity index (χ3n) is 3.37. The van der Waals surface area contributed by atoms with Crippen molar-refractivity contribution in [3.8, 4) is 0 Å². The molecule has 3 aromatic rings. The van der Waals surface area contributed by atoms with Crippen molar-refractivity contribution in [1.29, 1.82) is 0 Å². The third-order valence-corrected chi connectivity index (χ3v) is 3.76. The number of rotatable bonds is 2. The van der Waals surface area contributed by atoms with Gasteiger partial charge in [0.15, 0.2) is 0 Å². The highest BCUT2D eigenvalue weighted by Crippen LogP contribution is 2.19. The number of carbonyl (C=O) groups is 1. The van der Waals surface area contributed by atoms with Crippen molar-refractivity contribution < 1.29 is 4.79 Å². The molecule has 0 aliphatic heterocycles. The fraction of sp³-hybridized carbons (Fsp3) is 0.0625. The lowest BCUT2D eigenvalue weighted by atomic mass is 10.2. The molecule has 0 fully saturated rings. The summed E-state index contributed by atoms with van der Waals surface area (Å²) in [5.41, 5.74) is 0.780. The van der Waals surface area contributed by atoms with Crippen LogP contribution in [0, 0.1) is 0 Å². The maximum absolute atomic E-state index is 12.4. The van der Waals surface area contributed by atoms with E-state index in [0.29, 0.717) is 16.2 Å². The number of hydrogen-bond acceptors (Lipinski definition) is 4. The maximum Gasteiger partial charge on any atom is 0.264 e. The summed E-state index contributed by atoms with van der Waals surface area (Å²) in [5.74, 6) is -0.465. The smallest absolute Gasteiger partial charge is 0.264 e. The number of aromatic nitrogens is 2. The van der Waals surface area contributed by atoms with Crippen LogP contribution >= 0.6 is 12.6 Å². The fourth-order valence-electron chi connectivity index (χ4n) is 2.23. The lowest BCUT2D eigenvalue weighted by molar-refractivity contribution is 0.102. The Kier molecular flexibility index (Phi) is 3.68. The zero-order chi connectivity index (χ0) is 15.7. The van der Waals surface area contributed by atoms with Gasteiger partial charge in [0.05, 0.1) is 5.69 Å². The van der Waals surface area contributed by atoms with Crippen molar-refractivity contribution in [2.24, 2.45) is 7.05 Å². The van der Waals surface area contributed by atoms with Gasteiger partial charge in [-0.1, -0.05) is 12.1 Å². The minimum atomic E-state index is -0.465. The average Bonchev–Trinajstić information content (AvgIpc) is 2.53. The molecule has 0 radical (unpaired) electrons. The van der Waals surface area contributed by atoms with E-state index in [4.69, 9.17) is 0 Å². The topological polar surface area (TPSA) is 64.0 Å². The van der Waals surface area contributed by atoms with Gasteiger partial charge < -0.3 is 5.32 Å². The van der Waals surface area contributed by atoms with E-state index >= 15 is 0 Å². The number of anilines is 1. The van der Waals surface area contributed by atoms with Gasteiger partial charge in [-0.05, 0) is 30.3 Å². The standard InChI is InChI=1S/C16H13N3O2S/c1-19-14-10(5-4-8-17-14)9-11(16(19)21)15(20)18-12-6-2-3-7-13(12)22/h2-9,22H,1H3,(H,18,20). The van der Waals surface area contributed by atoms with Gasteiger partial charge in [-0.25, -0.2) is 4.98 Å². The molecule has 1 N–H and O–H groups in total. The molecule has 5 nitrogen and oxygen atoms in total. The molecule has 22 heavy (non-hydrogen) atoms. The van der Waals surface area contributed by atoms with E-state index in [1.807, 2.05) is 12.1 Å². The average molecular weight is 311 g/mol. The van der Waals surface area contributed by atoms with E-state index in [9.17, 15) is 9.59 Å². The molecule has 0 saturated carbocycles. The van der Waals surface area contributed by atoms with E-state index < -0.39 is 5.91 Å². The van der Waals surface area contributed by atoms with Gasteiger partial charge in [0.1, 0.15) is 11.2 Å². The minimum absolute atomic E-state index is 0.0691. The minimum Gasteiger partial charge on any atom is -0.321 e. The van der Waals surface area contributed by atoms with Gasteiger partial charge in [0, 0.05) is 23.5 Å². The summed E-state index contributed by atoms with van der Waals surface area (Å²) in [6.07, 6.45) is 1.61. The summed E-state index contributed by atoms with van der Waals surface area (Å²) >= 11 is 4.28. The molecule has 6 heteroatoms. The SMILES string of the molecule is Cn1c(=O)c(C(=O)Nc2ccccc2S)cc2cccnc21. The molecular formula is C16H13N3O2S. The molecule has 0 saturated heterocycles. The molecular weight excluding hydrogens is 298 g/mol. The van der Waals surface area contributed by atoms with E-state index in [1.165, 1.54) is 4.57 Å². The largest absolute Gasteiger partial charge is 0.321 e. The summed E-state index contributed by atoms with van der Waals surface area (Å²) < 4.78 is 1.37. The van der Waals surface area contributed by atoms with Gasteiger partial charge in [-0.2, -0.15) is 0 Å². The number of para-hydroxylation sites is 1. The van der Waals surface area contributed by atoms with E-state index in [-0.39, 0.29) is 11.1 Å². The van der Waals surface area contributed by atoms with Crippen LogP contribution in [0.15, 0.2) is 58.4 Å². The molecule has 0 bridgehead atoms. The highest BCUT2D eigenvalue weighted by atomic mass is 32.1. The molecule has 0 aliphatic rings. The molecule has 1 amide bonds. The summed E-state index contributed by atoms with van der Waals surface area (Å²) in [6.45, 7) is 0. The van der Waals surface area contributed by atoms with Crippen LogP contribution in [0.3, 0.4) is 0 Å². The summed E-state index contributed by atoms with van der Waals surface area (Å²) in [4.78, 5) is 29.5. The molecule has 0 atom stereocenters. The van der Waals surface area contributed by atoms with Crippen molar-refractivity contribution in [2.45, 2.75) is 4.90 Å². The molecule has 0 aliphatic carbocycles. The number of aryl methyl sites for hydroxylation is 1. The van der Waals surface area contributed by atoms with Gasteiger partial charge in [-0.3, -0.25) is 14.2 Å². The number of nitrogens with zero attached hydrogens (tertiary/aromatic N) is 2. The number of pyridine rings is 2. The molecule has 1 aromatic carbocycles. The van der Waals surface area contributed by atoms with Gasteiger partial charge in [-0.15, -0.1) is 12.6 Å². The summed E-state index contributed by atoms with van der Waals surface area (Å²) in [6, 6.07) is 12.2. The number of amides is 1. The number of carbonyl (C=O) groups excluding carboxylic acids is 1. The van der Waals surface area contributed by atoms with Crippen molar-refractivity contribution >= 4 is 35.3 Å². The predicted octanol–water partition coefficient (Wildman–Crippen LogP) is 2.47. The first-order valence-electron chi connectivity index (χ1n) is 6.62. The first kappa shape index (κ1) is 14.3. The van der Waals surface area contributed by atoms with E-state index in [0.717, 1.165) is 5.39 Å². The van der Waals surface area contributed by atoms with Gasteiger partial charge >= 0.3 is 0 Å². The van der Waals surface area contributed by atoms with Gasteiger partial charge in [0.25, 0.3) is 11.5 Å². The van der Waals surface area contributed by atoms with Crippen LogP contribution in [-0.4, -0.2) is 15.5 Å². The molecule has 0 unspecified atom stereocenters. The van der Waals surface area contributed by atoms with Crippen LogP contribution < -0.4 is 10.9 Å². The van der Waals surface area contributed by atoms with Crippen LogP contribution in [0.5, 0.6) is 0 Å². The summed E-state index contributed by atoms with van der Waals surface area (Å²) in [7, 11) is 1.60. The second kappa shape index (κ2) is 5.65. The van der Waals surface area contributed by atoms with Crippen LogP contribution in [0.25, 0.3) is 11.0 Å². The molecule has 110 valence electrons. The number of nitrogens with one attached hydrogen (secondary N) is 1. The Morgan fingerprint density at radius 1 is 1.23 bits per heavy atom. The Morgan fingerprint density at radius 2 is 2.00 bits per heavy atom. The van der Waals surface area contributed by atoms with Crippen molar-refractivity contribution in [3.63, 3.8) is 0 Å². The second-order valence-corrected chi connectivity index (χ2v) is 5.29. The Morgan fingerprint density at radius 3 is 2.77 bits per heavy atom. The lowest BCUT2D eigenvalue weighted by Gasteiger charge is -2.09. The Labute approximate surface area is 132 Å². The highest BCUT2D eigenvalue weighted by molar-refractivity contribution is 7.80. The molecule has 3 rings (SSSR count). The Hall–Kier alpha value is -2.60. The predicted molar refractivity (Wildman–Crippen MR) is 88.6 cm³/mol. The summed E-state index contributed by atoms with van der Waals surface area (Å²) in [5, 5.41) is 3.44. The third kappa shape index (κ3) is 2.48. The molecule has 2 aromatic heterocycles. The maximum atomic E-state index is 12.4. The Bertz CT molecular complexity index is 934. The molecule has 0 spiro atoms. The fourth-order valence-corrected chi connectivity index (χ4v) is 2.44. The normalized spacial score (nSPS) is 10.6. The van der Waals surface area contributed by atoms with Crippen LogP contribution in [0.1, 0.15) is 10.4 Å². The monoisotopic (exact) mass is 311 g/mol. The van der Waals surface area contributed by atoms with Crippen molar-refractivity contribution in [3.05, 3.63) is 64.6 Å². The number of benzene rings is 1. The quantitative estimate of drug-likeness (QED) is 0.715. The van der Waals surface area contributed by atoms with E-state index in [2.05, 4.69) is 22.9 Å². The zero-order valence-corrected chi connectivity index (χ0v) is 12.7. The van der Waals surface area contributed by atoms with Crippen molar-refractivity contribution in [1.82, 2.24) is 9.55 Å². The molecule has 2 heterocycles. The van der Waals surface area contributed by atoms with Crippen molar-refractivity contribution in [2.75, 3.05) is 5.32 Å². The lowest BCUT2D eigenvalue weighted by Crippen LogP contribution is -2.28. The number of thiol groups is 1.